The highest BCUT2D eigenvalue weighted by molar-refractivity contribution is 5.95. The van der Waals surface area contributed by atoms with Gasteiger partial charge in [-0.05, 0) is 42.7 Å². The molecular weight excluding hydrogens is 338 g/mol. The molecule has 144 valence electrons. The number of amides is 1. The fourth-order valence-electron chi connectivity index (χ4n) is 3.46. The minimum absolute atomic E-state index is 0.0341. The molecule has 0 spiro atoms. The molecule has 1 atom stereocenters. The Balaban J connectivity index is 1.66. The molecule has 2 N–H and O–H groups in total. The minimum atomic E-state index is -0.381. The molecule has 5 heteroatoms. The van der Waals surface area contributed by atoms with E-state index in [-0.39, 0.29) is 11.9 Å². The van der Waals surface area contributed by atoms with Crippen LogP contribution >= 0.6 is 0 Å². The van der Waals surface area contributed by atoms with Crippen LogP contribution in [0.5, 0.6) is 0 Å². The lowest BCUT2D eigenvalue weighted by atomic mass is 10.1. The lowest BCUT2D eigenvalue weighted by Crippen LogP contribution is -2.42. The highest BCUT2D eigenvalue weighted by atomic mass is 16.5. The Morgan fingerprint density at radius 1 is 1.07 bits per heavy atom. The van der Waals surface area contributed by atoms with Gasteiger partial charge < -0.3 is 15.4 Å². The second-order valence-electron chi connectivity index (χ2n) is 7.12. The fraction of sp³-hybridized carbons (Fsp3) is 0.409. The molecule has 2 aromatic carbocycles. The predicted octanol–water partition coefficient (Wildman–Crippen LogP) is 2.91. The van der Waals surface area contributed by atoms with Crippen LogP contribution in [0.4, 0.5) is 5.69 Å². The van der Waals surface area contributed by atoms with Crippen LogP contribution in [0.2, 0.25) is 0 Å². The van der Waals surface area contributed by atoms with Crippen molar-refractivity contribution >= 4 is 11.6 Å². The van der Waals surface area contributed by atoms with Crippen molar-refractivity contribution in [2.24, 2.45) is 0 Å². The van der Waals surface area contributed by atoms with E-state index < -0.39 is 0 Å². The van der Waals surface area contributed by atoms with Gasteiger partial charge in [-0.2, -0.15) is 0 Å². The molecule has 0 aromatic heterocycles. The number of ether oxygens (including phenoxy) is 1. The Kier molecular flexibility index (Phi) is 6.98. The van der Waals surface area contributed by atoms with Crippen LogP contribution in [-0.4, -0.2) is 50.2 Å². The number of benzene rings is 2. The number of carbonyl (C=O) groups excluding carboxylic acids is 1. The molecule has 1 fully saturated rings. The third kappa shape index (κ3) is 5.89. The van der Waals surface area contributed by atoms with E-state index >= 15 is 0 Å². The molecule has 27 heavy (non-hydrogen) atoms. The van der Waals surface area contributed by atoms with Crippen LogP contribution in [0.25, 0.3) is 0 Å². The summed E-state index contributed by atoms with van der Waals surface area (Å²) in [6.07, 6.45) is 0. The Labute approximate surface area is 161 Å². The number of hydrogen-bond donors (Lipinski definition) is 2. The van der Waals surface area contributed by atoms with E-state index in [1.165, 1.54) is 0 Å². The molecule has 1 aliphatic heterocycles. The summed E-state index contributed by atoms with van der Waals surface area (Å²) in [5, 5.41) is 6.51. The Morgan fingerprint density at radius 3 is 2.41 bits per heavy atom. The molecule has 5 nitrogen and oxygen atoms in total. The van der Waals surface area contributed by atoms with Crippen molar-refractivity contribution in [3.05, 3.63) is 65.2 Å². The van der Waals surface area contributed by atoms with Gasteiger partial charge in [0.1, 0.15) is 6.04 Å². The van der Waals surface area contributed by atoms with E-state index in [1.807, 2.05) is 56.3 Å². The molecule has 1 aliphatic rings. The third-order valence-electron chi connectivity index (χ3n) is 4.76. The highest BCUT2D eigenvalue weighted by Crippen LogP contribution is 2.18. The van der Waals surface area contributed by atoms with Crippen molar-refractivity contribution in [3.8, 4) is 0 Å². The summed E-state index contributed by atoms with van der Waals surface area (Å²) in [7, 11) is 0. The summed E-state index contributed by atoms with van der Waals surface area (Å²) in [6.45, 7) is 9.21. The summed E-state index contributed by atoms with van der Waals surface area (Å²) in [4.78, 5) is 15.4. The van der Waals surface area contributed by atoms with E-state index in [4.69, 9.17) is 4.74 Å². The topological polar surface area (TPSA) is 53.6 Å². The summed E-state index contributed by atoms with van der Waals surface area (Å²) < 4.78 is 5.39. The molecule has 1 amide bonds. The summed E-state index contributed by atoms with van der Waals surface area (Å²) >= 11 is 0. The lowest BCUT2D eigenvalue weighted by molar-refractivity contribution is -0.118. The molecule has 0 saturated carbocycles. The van der Waals surface area contributed by atoms with Gasteiger partial charge in [-0.25, -0.2) is 0 Å². The van der Waals surface area contributed by atoms with Crippen molar-refractivity contribution in [1.29, 1.82) is 0 Å². The largest absolute Gasteiger partial charge is 0.379 e. The quantitative estimate of drug-likeness (QED) is 0.790. The van der Waals surface area contributed by atoms with E-state index in [9.17, 15) is 4.79 Å². The van der Waals surface area contributed by atoms with Gasteiger partial charge in [0.05, 0.1) is 13.2 Å². The van der Waals surface area contributed by atoms with E-state index in [0.29, 0.717) is 0 Å². The van der Waals surface area contributed by atoms with Gasteiger partial charge in [-0.15, -0.1) is 0 Å². The summed E-state index contributed by atoms with van der Waals surface area (Å²) in [5.74, 6) is -0.0341. The van der Waals surface area contributed by atoms with Crippen LogP contribution in [0.1, 0.15) is 22.7 Å². The SMILES string of the molecule is Cc1cc(C)cc(NC(=O)[C@H](NCCN2CCOCC2)c2ccccc2)c1. The number of aryl methyl sites for hydroxylation is 2. The zero-order valence-corrected chi connectivity index (χ0v) is 16.2. The van der Waals surface area contributed by atoms with Gasteiger partial charge in [0, 0.05) is 31.9 Å². The van der Waals surface area contributed by atoms with Crippen molar-refractivity contribution < 1.29 is 9.53 Å². The van der Waals surface area contributed by atoms with E-state index in [1.54, 1.807) is 0 Å². The van der Waals surface area contributed by atoms with E-state index in [2.05, 4.69) is 21.6 Å². The number of hydrogen-bond acceptors (Lipinski definition) is 4. The van der Waals surface area contributed by atoms with Gasteiger partial charge >= 0.3 is 0 Å². The van der Waals surface area contributed by atoms with Gasteiger partial charge in [0.2, 0.25) is 5.91 Å². The smallest absolute Gasteiger partial charge is 0.246 e. The number of anilines is 1. The summed E-state index contributed by atoms with van der Waals surface area (Å²) in [6, 6.07) is 15.6. The van der Waals surface area contributed by atoms with Crippen LogP contribution in [0.15, 0.2) is 48.5 Å². The normalized spacial score (nSPS) is 16.1. The first kappa shape index (κ1) is 19.5. The van der Waals surface area contributed by atoms with Crippen LogP contribution < -0.4 is 10.6 Å². The second-order valence-corrected chi connectivity index (χ2v) is 7.12. The first-order valence-electron chi connectivity index (χ1n) is 9.59. The molecule has 1 heterocycles. The zero-order chi connectivity index (χ0) is 19.1. The van der Waals surface area contributed by atoms with Crippen LogP contribution in [0, 0.1) is 13.8 Å². The van der Waals surface area contributed by atoms with Crippen LogP contribution in [-0.2, 0) is 9.53 Å². The zero-order valence-electron chi connectivity index (χ0n) is 16.2. The van der Waals surface area contributed by atoms with Gasteiger partial charge in [-0.1, -0.05) is 36.4 Å². The molecule has 3 rings (SSSR count). The molecular formula is C22H29N3O2. The maximum atomic E-state index is 13.0. The molecule has 0 radical (unpaired) electrons. The first-order chi connectivity index (χ1) is 13.1. The number of morpholine rings is 1. The molecule has 0 unspecified atom stereocenters. The Morgan fingerprint density at radius 2 is 1.74 bits per heavy atom. The number of carbonyl (C=O) groups is 1. The standard InChI is InChI=1S/C22H29N3O2/c1-17-14-18(2)16-20(15-17)24-22(26)21(19-6-4-3-5-7-19)23-8-9-25-10-12-27-13-11-25/h3-7,14-16,21,23H,8-13H2,1-2H3,(H,24,26)/t21-/m1/s1. The monoisotopic (exact) mass is 367 g/mol. The average molecular weight is 367 g/mol. The summed E-state index contributed by atoms with van der Waals surface area (Å²) in [5.41, 5.74) is 4.10. The maximum Gasteiger partial charge on any atom is 0.246 e. The molecule has 0 bridgehead atoms. The van der Waals surface area contributed by atoms with Crippen molar-refractivity contribution in [2.45, 2.75) is 19.9 Å². The maximum absolute atomic E-state index is 13.0. The number of nitrogens with zero attached hydrogens (tertiary/aromatic N) is 1. The van der Waals surface area contributed by atoms with Crippen molar-refractivity contribution in [2.75, 3.05) is 44.7 Å². The predicted molar refractivity (Wildman–Crippen MR) is 109 cm³/mol. The highest BCUT2D eigenvalue weighted by Gasteiger charge is 2.21. The van der Waals surface area contributed by atoms with Gasteiger partial charge in [0.15, 0.2) is 0 Å². The molecule has 2 aromatic rings. The van der Waals surface area contributed by atoms with Crippen molar-refractivity contribution in [1.82, 2.24) is 10.2 Å². The van der Waals surface area contributed by atoms with Gasteiger partial charge in [0.25, 0.3) is 0 Å². The number of nitrogens with one attached hydrogen (secondary N) is 2. The van der Waals surface area contributed by atoms with Crippen molar-refractivity contribution in [3.63, 3.8) is 0 Å². The van der Waals surface area contributed by atoms with Crippen LogP contribution in [0.3, 0.4) is 0 Å². The average Bonchev–Trinajstić information content (AvgIpc) is 2.66. The number of rotatable bonds is 7. The van der Waals surface area contributed by atoms with Gasteiger partial charge in [-0.3, -0.25) is 9.69 Å². The fourth-order valence-corrected chi connectivity index (χ4v) is 3.46. The Bertz CT molecular complexity index is 722. The lowest BCUT2D eigenvalue weighted by Gasteiger charge is -2.27. The molecule has 0 aliphatic carbocycles. The minimum Gasteiger partial charge on any atom is -0.379 e. The Hall–Kier alpha value is -2.21. The van der Waals surface area contributed by atoms with E-state index in [0.717, 1.165) is 61.8 Å². The first-order valence-corrected chi connectivity index (χ1v) is 9.59. The molecule has 1 saturated heterocycles. The third-order valence-corrected chi connectivity index (χ3v) is 4.76. The second kappa shape index (κ2) is 9.65.